The maximum absolute atomic E-state index is 12.4. The average molecular weight is 471 g/mol. The molecule has 0 aliphatic rings. The van der Waals surface area contributed by atoms with Crippen molar-refractivity contribution in [1.29, 1.82) is 0 Å². The molecule has 5 rings (SSSR count). The number of H-pyrrole nitrogens is 1. The monoisotopic (exact) mass is 470 g/mol. The van der Waals surface area contributed by atoms with Crippen molar-refractivity contribution < 1.29 is 4.79 Å². The third-order valence-electron chi connectivity index (χ3n) is 5.68. The van der Waals surface area contributed by atoms with Crippen LogP contribution in [0, 0.1) is 0 Å². The molecule has 0 aliphatic carbocycles. The van der Waals surface area contributed by atoms with Crippen LogP contribution in [0.1, 0.15) is 17.7 Å². The Morgan fingerprint density at radius 2 is 1.67 bits per heavy atom. The third-order valence-corrected chi connectivity index (χ3v) is 7.13. The van der Waals surface area contributed by atoms with Gasteiger partial charge in [-0.3, -0.25) is 4.79 Å². The van der Waals surface area contributed by atoms with Crippen LogP contribution < -0.4 is 5.32 Å². The molecule has 1 heterocycles. The molecule has 2 N–H and O–H groups in total. The predicted molar refractivity (Wildman–Crippen MR) is 140 cm³/mol. The number of carbonyl (C=O) groups is 1. The molecule has 0 saturated carbocycles. The molecule has 0 bridgehead atoms. The van der Waals surface area contributed by atoms with Crippen LogP contribution in [0.2, 0.25) is 5.02 Å². The Hall–Kier alpha value is -3.21. The lowest BCUT2D eigenvalue weighted by atomic mass is 10.1. The standard InChI is InChI=1S/C28H23ClN2OS/c29-28-24-17-22(30-27(32)15-10-19-6-2-1-3-7-19)12-14-25(24)31-26(28)18-33-23-13-11-20-8-4-5-9-21(20)16-23/h1-9,11-14,16-17,31H,10,15,18H2,(H,30,32). The van der Waals surface area contributed by atoms with Crippen LogP contribution in [0.25, 0.3) is 21.7 Å². The highest BCUT2D eigenvalue weighted by atomic mass is 35.5. The van der Waals surface area contributed by atoms with Gasteiger partial charge in [-0.05, 0) is 53.1 Å². The first kappa shape index (κ1) is 21.6. The summed E-state index contributed by atoms with van der Waals surface area (Å²) in [6.45, 7) is 0. The second-order valence-electron chi connectivity index (χ2n) is 8.01. The molecule has 164 valence electrons. The highest BCUT2D eigenvalue weighted by Crippen LogP contribution is 2.34. The lowest BCUT2D eigenvalue weighted by molar-refractivity contribution is -0.116. The van der Waals surface area contributed by atoms with Crippen LogP contribution in [-0.4, -0.2) is 10.9 Å². The van der Waals surface area contributed by atoms with Gasteiger partial charge in [0.25, 0.3) is 0 Å². The Morgan fingerprint density at radius 3 is 2.52 bits per heavy atom. The van der Waals surface area contributed by atoms with Crippen LogP contribution in [0.4, 0.5) is 5.69 Å². The third kappa shape index (κ3) is 5.08. The first-order valence-electron chi connectivity index (χ1n) is 10.9. The summed E-state index contributed by atoms with van der Waals surface area (Å²) in [6.07, 6.45) is 1.16. The molecule has 0 unspecified atom stereocenters. The van der Waals surface area contributed by atoms with Crippen molar-refractivity contribution >= 4 is 56.6 Å². The fraction of sp³-hybridized carbons (Fsp3) is 0.107. The van der Waals surface area contributed by atoms with E-state index in [1.54, 1.807) is 11.8 Å². The van der Waals surface area contributed by atoms with Crippen LogP contribution >= 0.6 is 23.4 Å². The minimum absolute atomic E-state index is 0.00283. The number of aromatic nitrogens is 1. The molecule has 0 fully saturated rings. The van der Waals surface area contributed by atoms with Gasteiger partial charge in [0, 0.05) is 39.4 Å². The van der Waals surface area contributed by atoms with Gasteiger partial charge in [0.1, 0.15) is 0 Å². The van der Waals surface area contributed by atoms with Gasteiger partial charge >= 0.3 is 0 Å². The van der Waals surface area contributed by atoms with Crippen molar-refractivity contribution in [1.82, 2.24) is 4.98 Å². The van der Waals surface area contributed by atoms with E-state index in [0.717, 1.165) is 40.0 Å². The number of hydrogen-bond donors (Lipinski definition) is 2. The summed E-state index contributed by atoms with van der Waals surface area (Å²) in [6, 6.07) is 30.7. The van der Waals surface area contributed by atoms with Gasteiger partial charge < -0.3 is 10.3 Å². The molecule has 5 heteroatoms. The molecule has 0 radical (unpaired) electrons. The van der Waals surface area contributed by atoms with Crippen LogP contribution in [0.3, 0.4) is 0 Å². The Bertz CT molecular complexity index is 1430. The number of halogens is 1. The Balaban J connectivity index is 1.26. The molecule has 1 amide bonds. The maximum Gasteiger partial charge on any atom is 0.224 e. The SMILES string of the molecule is O=C(CCc1ccccc1)Nc1ccc2[nH]c(CSc3ccc4ccccc4c3)c(Cl)c2c1. The molecule has 1 aromatic heterocycles. The summed E-state index contributed by atoms with van der Waals surface area (Å²) in [5.74, 6) is 0.738. The zero-order valence-corrected chi connectivity index (χ0v) is 19.5. The van der Waals surface area contributed by atoms with Crippen LogP contribution in [-0.2, 0) is 17.0 Å². The number of rotatable bonds is 7. The van der Waals surface area contributed by atoms with Gasteiger partial charge in [0.15, 0.2) is 0 Å². The zero-order chi connectivity index (χ0) is 22.6. The minimum Gasteiger partial charge on any atom is -0.356 e. The topological polar surface area (TPSA) is 44.9 Å². The van der Waals surface area contributed by atoms with Crippen molar-refractivity contribution in [3.8, 4) is 0 Å². The van der Waals surface area contributed by atoms with Crippen molar-refractivity contribution in [3.63, 3.8) is 0 Å². The predicted octanol–water partition coefficient (Wildman–Crippen LogP) is 7.84. The highest BCUT2D eigenvalue weighted by molar-refractivity contribution is 7.98. The van der Waals surface area contributed by atoms with E-state index >= 15 is 0 Å². The fourth-order valence-electron chi connectivity index (χ4n) is 3.93. The number of aryl methyl sites for hydroxylation is 1. The van der Waals surface area contributed by atoms with Crippen molar-refractivity contribution in [2.45, 2.75) is 23.5 Å². The molecular formula is C28H23ClN2OS. The number of hydrogen-bond acceptors (Lipinski definition) is 2. The summed E-state index contributed by atoms with van der Waals surface area (Å²) in [4.78, 5) is 17.0. The summed E-state index contributed by atoms with van der Waals surface area (Å²) in [7, 11) is 0. The van der Waals surface area contributed by atoms with E-state index in [-0.39, 0.29) is 5.91 Å². The first-order valence-corrected chi connectivity index (χ1v) is 12.3. The number of nitrogens with one attached hydrogen (secondary N) is 2. The summed E-state index contributed by atoms with van der Waals surface area (Å²) in [5, 5.41) is 7.10. The lowest BCUT2D eigenvalue weighted by Crippen LogP contribution is -2.12. The number of carbonyl (C=O) groups excluding carboxylic acids is 1. The minimum atomic E-state index is -0.00283. The molecular weight excluding hydrogens is 448 g/mol. The molecule has 5 aromatic rings. The quantitative estimate of drug-likeness (QED) is 0.238. The van der Waals surface area contributed by atoms with E-state index in [1.165, 1.54) is 15.7 Å². The summed E-state index contributed by atoms with van der Waals surface area (Å²) < 4.78 is 0. The van der Waals surface area contributed by atoms with Crippen LogP contribution in [0.5, 0.6) is 0 Å². The van der Waals surface area contributed by atoms with Gasteiger partial charge in [-0.15, -0.1) is 11.8 Å². The van der Waals surface area contributed by atoms with Gasteiger partial charge in [-0.1, -0.05) is 72.3 Å². The fourth-order valence-corrected chi connectivity index (χ4v) is 5.18. The summed E-state index contributed by atoms with van der Waals surface area (Å²) in [5.41, 5.74) is 3.87. The van der Waals surface area contributed by atoms with E-state index in [4.69, 9.17) is 11.6 Å². The van der Waals surface area contributed by atoms with Gasteiger partial charge in [0.05, 0.1) is 5.02 Å². The Labute approximate surface area is 202 Å². The molecule has 0 aliphatic heterocycles. The van der Waals surface area contributed by atoms with Crippen molar-refractivity contribution in [2.24, 2.45) is 0 Å². The van der Waals surface area contributed by atoms with E-state index < -0.39 is 0 Å². The van der Waals surface area contributed by atoms with Crippen LogP contribution in [0.15, 0.2) is 95.9 Å². The van der Waals surface area contributed by atoms with E-state index in [0.29, 0.717) is 11.4 Å². The number of anilines is 1. The number of fused-ring (bicyclic) bond motifs is 2. The lowest BCUT2D eigenvalue weighted by Gasteiger charge is -2.06. The Kier molecular flexibility index (Phi) is 6.38. The second kappa shape index (κ2) is 9.74. The normalized spacial score (nSPS) is 11.2. The second-order valence-corrected chi connectivity index (χ2v) is 9.44. The molecule has 0 atom stereocenters. The van der Waals surface area contributed by atoms with Gasteiger partial charge in [0.2, 0.25) is 5.91 Å². The number of aromatic amines is 1. The number of thioether (sulfide) groups is 1. The number of benzene rings is 4. The molecule has 33 heavy (non-hydrogen) atoms. The van der Waals surface area contributed by atoms with Gasteiger partial charge in [-0.25, -0.2) is 0 Å². The highest BCUT2D eigenvalue weighted by Gasteiger charge is 2.12. The number of amides is 1. The summed E-state index contributed by atoms with van der Waals surface area (Å²) >= 11 is 8.46. The van der Waals surface area contributed by atoms with Crippen molar-refractivity contribution in [3.05, 3.63) is 107 Å². The molecule has 4 aromatic carbocycles. The van der Waals surface area contributed by atoms with Crippen molar-refractivity contribution in [2.75, 3.05) is 5.32 Å². The smallest absolute Gasteiger partial charge is 0.224 e. The largest absolute Gasteiger partial charge is 0.356 e. The Morgan fingerprint density at radius 1 is 0.879 bits per heavy atom. The molecule has 3 nitrogen and oxygen atoms in total. The first-order chi connectivity index (χ1) is 16.2. The van der Waals surface area contributed by atoms with E-state index in [2.05, 4.69) is 52.8 Å². The zero-order valence-electron chi connectivity index (χ0n) is 18.0. The average Bonchev–Trinajstić information content (AvgIpc) is 3.17. The van der Waals surface area contributed by atoms with E-state index in [1.807, 2.05) is 48.5 Å². The van der Waals surface area contributed by atoms with E-state index in [9.17, 15) is 4.79 Å². The van der Waals surface area contributed by atoms with Gasteiger partial charge in [-0.2, -0.15) is 0 Å². The maximum atomic E-state index is 12.4. The molecule has 0 spiro atoms. The molecule has 0 saturated heterocycles.